The Morgan fingerprint density at radius 2 is 2.07 bits per heavy atom. The second-order valence-corrected chi connectivity index (χ2v) is 7.12. The summed E-state index contributed by atoms with van der Waals surface area (Å²) in [7, 11) is 4.32. The highest BCUT2D eigenvalue weighted by Gasteiger charge is 2.14. The maximum absolute atomic E-state index is 8.89. The van der Waals surface area contributed by atoms with E-state index in [4.69, 9.17) is 5.11 Å². The lowest BCUT2D eigenvalue weighted by molar-refractivity contribution is -0.890. The van der Waals surface area contributed by atoms with Crippen LogP contribution in [-0.4, -0.2) is 43.4 Å². The van der Waals surface area contributed by atoms with E-state index in [0.29, 0.717) is 0 Å². The first-order valence-electron chi connectivity index (χ1n) is 4.70. The van der Waals surface area contributed by atoms with Gasteiger partial charge in [0.15, 0.2) is 0 Å². The number of nitrogens with zero attached hydrogens (tertiary/aromatic N) is 1. The summed E-state index contributed by atoms with van der Waals surface area (Å²) >= 11 is 4.21. The number of aliphatic hydroxyl groups is 1. The number of hydrogen-bond donors (Lipinski definition) is 1. The number of likely N-dealkylation sites (N-methyl/N-ethyl adjacent to an activating group) is 1. The van der Waals surface area contributed by atoms with E-state index in [1.165, 1.54) is 7.76 Å². The third-order valence-electron chi connectivity index (χ3n) is 2.30. The lowest BCUT2D eigenvalue weighted by Crippen LogP contribution is -2.43. The Kier molecular flexibility index (Phi) is 4.82. The topological polar surface area (TPSA) is 20.2 Å². The van der Waals surface area contributed by atoms with Crippen LogP contribution >= 0.6 is 33.9 Å². The van der Waals surface area contributed by atoms with Crippen molar-refractivity contribution in [1.82, 2.24) is 0 Å². The smallest absolute Gasteiger partial charge is 0.102 e. The molecule has 0 aliphatic heterocycles. The quantitative estimate of drug-likeness (QED) is 0.648. The third kappa shape index (κ3) is 4.25. The highest BCUT2D eigenvalue weighted by molar-refractivity contribution is 14.1. The molecule has 0 atom stereocenters. The van der Waals surface area contributed by atoms with Crippen LogP contribution in [-0.2, 0) is 6.42 Å². The van der Waals surface area contributed by atoms with Crippen LogP contribution in [0.3, 0.4) is 0 Å². The van der Waals surface area contributed by atoms with Gasteiger partial charge in [0.25, 0.3) is 0 Å². The number of halogens is 1. The van der Waals surface area contributed by atoms with Crippen molar-refractivity contribution in [3.63, 3.8) is 0 Å². The number of quaternary nitrogens is 1. The average Bonchev–Trinajstić information content (AvgIpc) is 2.48. The molecule has 1 aromatic heterocycles. The summed E-state index contributed by atoms with van der Waals surface area (Å²) in [6.07, 6.45) is 1.11. The van der Waals surface area contributed by atoms with Gasteiger partial charge in [0.2, 0.25) is 0 Å². The molecule has 0 saturated carbocycles. The average molecular weight is 326 g/mol. The minimum atomic E-state index is 0.273. The molecule has 0 bridgehead atoms. The molecule has 0 unspecified atom stereocenters. The van der Waals surface area contributed by atoms with Gasteiger partial charge in [0.1, 0.15) is 6.54 Å². The number of rotatable bonds is 5. The predicted molar refractivity (Wildman–Crippen MR) is 69.7 cm³/mol. The molecule has 0 aliphatic carbocycles. The standard InChI is InChI=1S/C10H17INOS/c1-12(2,7-8-13)6-5-9-3-4-10(11)14-9/h3-4,13H,5-8H2,1-2H3/q+1. The molecular formula is C10H17INOS+. The van der Waals surface area contributed by atoms with Gasteiger partial charge in [0, 0.05) is 11.3 Å². The Bertz CT molecular complexity index is 285. The van der Waals surface area contributed by atoms with E-state index in [-0.39, 0.29) is 6.61 Å². The van der Waals surface area contributed by atoms with Crippen molar-refractivity contribution >= 4 is 33.9 Å². The van der Waals surface area contributed by atoms with Gasteiger partial charge in [-0.2, -0.15) is 0 Å². The van der Waals surface area contributed by atoms with Gasteiger partial charge in [-0.3, -0.25) is 0 Å². The predicted octanol–water partition coefficient (Wildman–Crippen LogP) is 1.96. The lowest BCUT2D eigenvalue weighted by atomic mass is 10.3. The summed E-state index contributed by atoms with van der Waals surface area (Å²) < 4.78 is 2.25. The van der Waals surface area contributed by atoms with Crippen molar-refractivity contribution < 1.29 is 9.59 Å². The Hall–Kier alpha value is 0.350. The Morgan fingerprint density at radius 3 is 2.57 bits per heavy atom. The molecule has 1 rings (SSSR count). The molecule has 0 aliphatic rings. The van der Waals surface area contributed by atoms with Gasteiger partial charge in [-0.15, -0.1) is 11.3 Å². The molecule has 0 fully saturated rings. The first-order chi connectivity index (χ1) is 6.53. The first-order valence-corrected chi connectivity index (χ1v) is 6.60. The van der Waals surface area contributed by atoms with E-state index in [0.717, 1.165) is 24.0 Å². The van der Waals surface area contributed by atoms with Crippen molar-refractivity contribution in [2.75, 3.05) is 33.8 Å². The number of thiophene rings is 1. The molecule has 1 aromatic rings. The molecule has 0 amide bonds. The second-order valence-electron chi connectivity index (χ2n) is 4.06. The van der Waals surface area contributed by atoms with Gasteiger partial charge < -0.3 is 9.59 Å². The minimum Gasteiger partial charge on any atom is -0.391 e. The van der Waals surface area contributed by atoms with E-state index in [2.05, 4.69) is 48.8 Å². The zero-order chi connectivity index (χ0) is 10.6. The van der Waals surface area contributed by atoms with Crippen molar-refractivity contribution in [1.29, 1.82) is 0 Å². The van der Waals surface area contributed by atoms with E-state index in [1.54, 1.807) is 0 Å². The largest absolute Gasteiger partial charge is 0.391 e. The summed E-state index contributed by atoms with van der Waals surface area (Å²) in [5.41, 5.74) is 0. The van der Waals surface area contributed by atoms with Crippen LogP contribution in [0.5, 0.6) is 0 Å². The van der Waals surface area contributed by atoms with E-state index in [9.17, 15) is 0 Å². The molecule has 0 aromatic carbocycles. The SMILES string of the molecule is C[N+](C)(CCO)CCc1ccc(I)s1. The molecule has 80 valence electrons. The highest BCUT2D eigenvalue weighted by atomic mass is 127. The van der Waals surface area contributed by atoms with Gasteiger partial charge in [-0.05, 0) is 34.7 Å². The summed E-state index contributed by atoms with van der Waals surface area (Å²) in [5, 5.41) is 8.89. The maximum Gasteiger partial charge on any atom is 0.102 e. The van der Waals surface area contributed by atoms with Gasteiger partial charge in [-0.1, -0.05) is 0 Å². The number of hydrogen-bond acceptors (Lipinski definition) is 2. The molecule has 0 radical (unpaired) electrons. The van der Waals surface area contributed by atoms with Crippen molar-refractivity contribution in [2.24, 2.45) is 0 Å². The fraction of sp³-hybridized carbons (Fsp3) is 0.600. The van der Waals surface area contributed by atoms with E-state index >= 15 is 0 Å². The van der Waals surface area contributed by atoms with Crippen LogP contribution < -0.4 is 0 Å². The first kappa shape index (κ1) is 12.4. The van der Waals surface area contributed by atoms with Crippen molar-refractivity contribution in [2.45, 2.75) is 6.42 Å². The van der Waals surface area contributed by atoms with Gasteiger partial charge in [0.05, 0.1) is 30.1 Å². The minimum absolute atomic E-state index is 0.273. The molecule has 0 spiro atoms. The van der Waals surface area contributed by atoms with Gasteiger partial charge >= 0.3 is 0 Å². The Balaban J connectivity index is 2.40. The van der Waals surface area contributed by atoms with Gasteiger partial charge in [-0.25, -0.2) is 0 Å². The molecule has 2 nitrogen and oxygen atoms in total. The molecule has 14 heavy (non-hydrogen) atoms. The fourth-order valence-electron chi connectivity index (χ4n) is 1.28. The zero-order valence-electron chi connectivity index (χ0n) is 8.66. The molecule has 1 heterocycles. The van der Waals surface area contributed by atoms with Crippen LogP contribution in [0.25, 0.3) is 0 Å². The summed E-state index contributed by atoms with van der Waals surface area (Å²) in [5.74, 6) is 0. The fourth-order valence-corrected chi connectivity index (χ4v) is 3.03. The second kappa shape index (κ2) is 5.44. The molecule has 1 N–H and O–H groups in total. The van der Waals surface area contributed by atoms with E-state index < -0.39 is 0 Å². The normalized spacial score (nSPS) is 12.0. The summed E-state index contributed by atoms with van der Waals surface area (Å²) in [4.78, 5) is 1.44. The lowest BCUT2D eigenvalue weighted by Gasteiger charge is -2.28. The van der Waals surface area contributed by atoms with Crippen LogP contribution in [0, 0.1) is 2.88 Å². The van der Waals surface area contributed by atoms with E-state index in [1.807, 2.05) is 11.3 Å². The van der Waals surface area contributed by atoms with Crippen LogP contribution in [0.1, 0.15) is 4.88 Å². The highest BCUT2D eigenvalue weighted by Crippen LogP contribution is 2.19. The Morgan fingerprint density at radius 1 is 1.36 bits per heavy atom. The molecule has 4 heteroatoms. The summed E-state index contributed by atoms with van der Waals surface area (Å²) in [6, 6.07) is 4.36. The Labute approximate surface area is 103 Å². The monoisotopic (exact) mass is 326 g/mol. The maximum atomic E-state index is 8.89. The van der Waals surface area contributed by atoms with Crippen molar-refractivity contribution in [3.05, 3.63) is 19.9 Å². The van der Waals surface area contributed by atoms with Crippen LogP contribution in [0.4, 0.5) is 0 Å². The zero-order valence-corrected chi connectivity index (χ0v) is 11.6. The summed E-state index contributed by atoms with van der Waals surface area (Å²) in [6.45, 7) is 2.20. The van der Waals surface area contributed by atoms with Crippen molar-refractivity contribution in [3.8, 4) is 0 Å². The molecule has 0 saturated heterocycles. The van der Waals surface area contributed by atoms with Crippen LogP contribution in [0.15, 0.2) is 12.1 Å². The molecular weight excluding hydrogens is 309 g/mol. The van der Waals surface area contributed by atoms with Crippen LogP contribution in [0.2, 0.25) is 0 Å². The third-order valence-corrected chi connectivity index (χ3v) is 4.25. The number of aliphatic hydroxyl groups excluding tert-OH is 1.